The number of amides is 1. The van der Waals surface area contributed by atoms with E-state index in [0.29, 0.717) is 10.6 Å². The summed E-state index contributed by atoms with van der Waals surface area (Å²) < 4.78 is 1.15. The normalized spacial score (nSPS) is 10.7. The minimum absolute atomic E-state index is 0.206. The molecule has 0 saturated carbocycles. The van der Waals surface area contributed by atoms with Gasteiger partial charge in [0.2, 0.25) is 0 Å². The van der Waals surface area contributed by atoms with Crippen LogP contribution in [0.2, 0.25) is 15.1 Å². The number of aromatic nitrogens is 2. The lowest BCUT2D eigenvalue weighted by molar-refractivity contribution is 0.102. The molecule has 0 radical (unpaired) electrons. The number of carbonyl (C=O) groups is 1. The highest BCUT2D eigenvalue weighted by molar-refractivity contribution is 6.40. The molecule has 0 aliphatic carbocycles. The van der Waals surface area contributed by atoms with Gasteiger partial charge in [0.05, 0.1) is 10.0 Å². The Bertz CT molecular complexity index is 1000. The monoisotopic (exact) mass is 395 g/mol. The molecule has 8 heteroatoms. The van der Waals surface area contributed by atoms with Crippen molar-refractivity contribution in [2.24, 2.45) is 0 Å². The third-order valence-electron chi connectivity index (χ3n) is 3.45. The minimum atomic E-state index is -0.425. The molecule has 1 amide bonds. The number of aromatic amines is 1. The Morgan fingerprint density at radius 3 is 2.40 bits per heavy atom. The van der Waals surface area contributed by atoms with Crippen LogP contribution in [0.5, 0.6) is 0 Å². The summed E-state index contributed by atoms with van der Waals surface area (Å²) >= 11 is 18.1. The molecule has 5 nitrogen and oxygen atoms in total. The molecule has 2 aromatic carbocycles. The van der Waals surface area contributed by atoms with Crippen molar-refractivity contribution in [1.29, 1.82) is 0 Å². The second-order valence-corrected chi connectivity index (χ2v) is 6.64. The molecule has 25 heavy (non-hydrogen) atoms. The zero-order valence-electron chi connectivity index (χ0n) is 12.9. The molecule has 0 atom stereocenters. The summed E-state index contributed by atoms with van der Waals surface area (Å²) in [6, 6.07) is 11.3. The summed E-state index contributed by atoms with van der Waals surface area (Å²) in [5.74, 6) is -0.121. The maximum atomic E-state index is 12.3. The number of aryl methyl sites for hydroxylation is 1. The topological polar surface area (TPSA) is 66.9 Å². The van der Waals surface area contributed by atoms with Crippen LogP contribution in [-0.4, -0.2) is 15.7 Å². The second kappa shape index (κ2) is 6.96. The van der Waals surface area contributed by atoms with E-state index in [4.69, 9.17) is 34.8 Å². The van der Waals surface area contributed by atoms with Gasteiger partial charge in [-0.15, -0.1) is 0 Å². The number of rotatable bonds is 3. The van der Waals surface area contributed by atoms with Crippen LogP contribution in [0.15, 0.2) is 47.3 Å². The van der Waals surface area contributed by atoms with Crippen LogP contribution in [0.4, 0.5) is 5.82 Å². The van der Waals surface area contributed by atoms with Gasteiger partial charge in [-0.25, -0.2) is 4.68 Å². The molecular formula is C17H12Cl3N3O2. The van der Waals surface area contributed by atoms with Gasteiger partial charge in [0.1, 0.15) is 11.5 Å². The Labute approximate surface area is 158 Å². The van der Waals surface area contributed by atoms with E-state index in [2.05, 4.69) is 10.4 Å². The van der Waals surface area contributed by atoms with Crippen LogP contribution in [0.1, 0.15) is 15.9 Å². The number of hydrogen-bond acceptors (Lipinski definition) is 2. The molecule has 0 fully saturated rings. The molecule has 0 aliphatic rings. The first kappa shape index (κ1) is 17.6. The highest BCUT2D eigenvalue weighted by atomic mass is 35.5. The van der Waals surface area contributed by atoms with Crippen molar-refractivity contribution in [3.63, 3.8) is 0 Å². The molecule has 128 valence electrons. The SMILES string of the molecule is Cc1cccc(C(=O)Nc2cc(=O)n(-c3c(Cl)cc(Cl)cc3Cl)[nH]2)c1. The van der Waals surface area contributed by atoms with Gasteiger partial charge in [0, 0.05) is 16.7 Å². The summed E-state index contributed by atoms with van der Waals surface area (Å²) in [5, 5.41) is 6.18. The van der Waals surface area contributed by atoms with Crippen molar-refractivity contribution in [3.8, 4) is 5.69 Å². The Kier molecular flexibility index (Phi) is 4.90. The first-order valence-electron chi connectivity index (χ1n) is 7.20. The molecule has 1 aromatic heterocycles. The van der Waals surface area contributed by atoms with Crippen LogP contribution in [0.3, 0.4) is 0 Å². The fourth-order valence-electron chi connectivity index (χ4n) is 2.35. The number of anilines is 1. The van der Waals surface area contributed by atoms with E-state index in [1.807, 2.05) is 13.0 Å². The van der Waals surface area contributed by atoms with Crippen molar-refractivity contribution < 1.29 is 4.79 Å². The highest BCUT2D eigenvalue weighted by Gasteiger charge is 2.15. The lowest BCUT2D eigenvalue weighted by atomic mass is 10.1. The number of hydrogen-bond donors (Lipinski definition) is 2. The van der Waals surface area contributed by atoms with Crippen LogP contribution in [0.25, 0.3) is 5.69 Å². The zero-order chi connectivity index (χ0) is 18.1. The van der Waals surface area contributed by atoms with Crippen LogP contribution in [-0.2, 0) is 0 Å². The van der Waals surface area contributed by atoms with E-state index < -0.39 is 5.56 Å². The smallest absolute Gasteiger partial charge is 0.273 e. The summed E-state index contributed by atoms with van der Waals surface area (Å²) in [5.41, 5.74) is 1.27. The summed E-state index contributed by atoms with van der Waals surface area (Å²) in [6.45, 7) is 1.89. The number of halogens is 3. The molecule has 1 heterocycles. The Hall–Kier alpha value is -2.21. The van der Waals surface area contributed by atoms with Gasteiger partial charge in [-0.3, -0.25) is 14.7 Å². The quantitative estimate of drug-likeness (QED) is 0.674. The number of benzene rings is 2. The molecule has 0 spiro atoms. The second-order valence-electron chi connectivity index (χ2n) is 5.39. The maximum Gasteiger partial charge on any atom is 0.273 e. The summed E-state index contributed by atoms with van der Waals surface area (Å²) in [7, 11) is 0. The van der Waals surface area contributed by atoms with E-state index >= 15 is 0 Å². The predicted molar refractivity (Wildman–Crippen MR) is 101 cm³/mol. The zero-order valence-corrected chi connectivity index (χ0v) is 15.2. The van der Waals surface area contributed by atoms with Gasteiger partial charge in [-0.1, -0.05) is 52.5 Å². The van der Waals surface area contributed by atoms with E-state index in [-0.39, 0.29) is 27.5 Å². The van der Waals surface area contributed by atoms with Gasteiger partial charge in [0.25, 0.3) is 11.5 Å². The van der Waals surface area contributed by atoms with E-state index in [1.165, 1.54) is 18.2 Å². The number of nitrogens with zero attached hydrogens (tertiary/aromatic N) is 1. The first-order valence-corrected chi connectivity index (χ1v) is 8.33. The van der Waals surface area contributed by atoms with Gasteiger partial charge in [-0.05, 0) is 31.2 Å². The van der Waals surface area contributed by atoms with Crippen LogP contribution < -0.4 is 10.9 Å². The average Bonchev–Trinajstić information content (AvgIpc) is 2.86. The van der Waals surface area contributed by atoms with Gasteiger partial charge in [0.15, 0.2) is 0 Å². The van der Waals surface area contributed by atoms with E-state index in [0.717, 1.165) is 10.2 Å². The van der Waals surface area contributed by atoms with E-state index in [9.17, 15) is 9.59 Å². The molecular weight excluding hydrogens is 385 g/mol. The maximum absolute atomic E-state index is 12.3. The summed E-state index contributed by atoms with van der Waals surface area (Å²) in [6.07, 6.45) is 0. The van der Waals surface area contributed by atoms with Gasteiger partial charge >= 0.3 is 0 Å². The lowest BCUT2D eigenvalue weighted by Crippen LogP contribution is -2.15. The molecule has 0 unspecified atom stereocenters. The predicted octanol–water partition coefficient (Wildman–Crippen LogP) is 4.69. The Morgan fingerprint density at radius 1 is 1.08 bits per heavy atom. The third-order valence-corrected chi connectivity index (χ3v) is 4.25. The Morgan fingerprint density at radius 2 is 1.76 bits per heavy atom. The molecule has 0 aliphatic heterocycles. The van der Waals surface area contributed by atoms with Crippen molar-refractivity contribution in [2.45, 2.75) is 6.92 Å². The molecule has 2 N–H and O–H groups in total. The number of carbonyl (C=O) groups excluding carboxylic acids is 1. The van der Waals surface area contributed by atoms with E-state index in [1.54, 1.807) is 18.2 Å². The fourth-order valence-corrected chi connectivity index (χ4v) is 3.34. The standard InChI is InChI=1S/C17H12Cl3N3O2/c1-9-3-2-4-10(5-9)17(25)21-14-8-15(24)23(22-14)16-12(19)6-11(18)7-13(16)20/h2-8,22H,1H3,(H,21,25). The fraction of sp³-hybridized carbons (Fsp3) is 0.0588. The highest BCUT2D eigenvalue weighted by Crippen LogP contribution is 2.31. The first-order chi connectivity index (χ1) is 11.8. The van der Waals surface area contributed by atoms with Crippen LogP contribution in [0, 0.1) is 6.92 Å². The Balaban J connectivity index is 1.94. The van der Waals surface area contributed by atoms with Crippen molar-refractivity contribution in [3.05, 3.63) is 79.0 Å². The molecule has 3 rings (SSSR count). The van der Waals surface area contributed by atoms with Gasteiger partial charge < -0.3 is 5.32 Å². The third kappa shape index (κ3) is 3.74. The number of H-pyrrole nitrogens is 1. The minimum Gasteiger partial charge on any atom is -0.307 e. The largest absolute Gasteiger partial charge is 0.307 e. The average molecular weight is 397 g/mol. The molecule has 3 aromatic rings. The van der Waals surface area contributed by atoms with Gasteiger partial charge in [-0.2, -0.15) is 0 Å². The van der Waals surface area contributed by atoms with Crippen molar-refractivity contribution in [1.82, 2.24) is 9.78 Å². The van der Waals surface area contributed by atoms with Crippen molar-refractivity contribution >= 4 is 46.5 Å². The lowest BCUT2D eigenvalue weighted by Gasteiger charge is -2.08. The molecule has 0 bridgehead atoms. The van der Waals surface area contributed by atoms with Crippen molar-refractivity contribution in [2.75, 3.05) is 5.32 Å². The summed E-state index contributed by atoms with van der Waals surface area (Å²) in [4.78, 5) is 24.5. The number of nitrogens with one attached hydrogen (secondary N) is 2. The van der Waals surface area contributed by atoms with Crippen LogP contribution >= 0.6 is 34.8 Å². The molecule has 0 saturated heterocycles.